The Bertz CT molecular complexity index is 455. The zero-order valence-corrected chi connectivity index (χ0v) is 10.3. The summed E-state index contributed by atoms with van der Waals surface area (Å²) in [5.41, 5.74) is 1.11. The molecule has 1 saturated carbocycles. The predicted molar refractivity (Wildman–Crippen MR) is 64.2 cm³/mol. The van der Waals surface area contributed by atoms with Crippen LogP contribution in [0.4, 0.5) is 0 Å². The van der Waals surface area contributed by atoms with Gasteiger partial charge in [0.05, 0.1) is 5.92 Å². The Hall–Kier alpha value is -1.85. The highest BCUT2D eigenvalue weighted by Gasteiger charge is 2.32. The Morgan fingerprint density at radius 2 is 2.17 bits per heavy atom. The van der Waals surface area contributed by atoms with Crippen molar-refractivity contribution in [2.24, 2.45) is 5.92 Å². The summed E-state index contributed by atoms with van der Waals surface area (Å²) >= 11 is 0. The fraction of sp³-hybridized carbons (Fsp3) is 0.583. The first-order chi connectivity index (χ1) is 8.58. The van der Waals surface area contributed by atoms with Crippen LogP contribution < -0.4 is 5.32 Å². The Kier molecular flexibility index (Phi) is 3.64. The van der Waals surface area contributed by atoms with Crippen LogP contribution in [0, 0.1) is 12.8 Å². The van der Waals surface area contributed by atoms with E-state index < -0.39 is 11.9 Å². The summed E-state index contributed by atoms with van der Waals surface area (Å²) in [6, 6.07) is 1.36. The van der Waals surface area contributed by atoms with Gasteiger partial charge in [-0.2, -0.15) is 5.10 Å². The molecule has 1 aliphatic rings. The van der Waals surface area contributed by atoms with Gasteiger partial charge in [-0.3, -0.25) is 14.7 Å². The number of nitrogens with zero attached hydrogens (tertiary/aromatic N) is 1. The summed E-state index contributed by atoms with van der Waals surface area (Å²) in [6.07, 6.45) is 3.20. The molecule has 2 atom stereocenters. The van der Waals surface area contributed by atoms with Crippen molar-refractivity contribution in [1.82, 2.24) is 15.5 Å². The number of aryl methyl sites for hydroxylation is 1. The number of rotatable bonds is 3. The average molecular weight is 251 g/mol. The molecule has 1 aromatic rings. The van der Waals surface area contributed by atoms with Gasteiger partial charge in [-0.15, -0.1) is 0 Å². The maximum atomic E-state index is 11.9. The zero-order chi connectivity index (χ0) is 13.1. The maximum Gasteiger partial charge on any atom is 0.308 e. The smallest absolute Gasteiger partial charge is 0.308 e. The molecule has 1 heterocycles. The number of carbonyl (C=O) groups excluding carboxylic acids is 1. The van der Waals surface area contributed by atoms with Crippen LogP contribution in [0.3, 0.4) is 0 Å². The second kappa shape index (κ2) is 5.20. The molecule has 0 aliphatic heterocycles. The van der Waals surface area contributed by atoms with Crippen molar-refractivity contribution in [3.8, 4) is 0 Å². The molecule has 0 aromatic carbocycles. The number of hydrogen-bond donors (Lipinski definition) is 3. The van der Waals surface area contributed by atoms with Gasteiger partial charge in [-0.25, -0.2) is 0 Å². The zero-order valence-electron chi connectivity index (χ0n) is 10.3. The highest BCUT2D eigenvalue weighted by molar-refractivity contribution is 5.92. The number of aromatic nitrogens is 2. The normalized spacial score (nSPS) is 23.6. The Labute approximate surface area is 105 Å². The van der Waals surface area contributed by atoms with E-state index in [0.29, 0.717) is 18.5 Å². The third kappa shape index (κ3) is 2.69. The summed E-state index contributed by atoms with van der Waals surface area (Å²) in [7, 11) is 0. The molecule has 3 N–H and O–H groups in total. The quantitative estimate of drug-likeness (QED) is 0.749. The van der Waals surface area contributed by atoms with Crippen LogP contribution in [0.5, 0.6) is 0 Å². The van der Waals surface area contributed by atoms with Crippen molar-refractivity contribution in [1.29, 1.82) is 0 Å². The topological polar surface area (TPSA) is 95.1 Å². The van der Waals surface area contributed by atoms with Crippen molar-refractivity contribution in [3.63, 3.8) is 0 Å². The summed E-state index contributed by atoms with van der Waals surface area (Å²) in [6.45, 7) is 1.81. The largest absolute Gasteiger partial charge is 0.481 e. The van der Waals surface area contributed by atoms with Crippen molar-refractivity contribution in [3.05, 3.63) is 17.5 Å². The first kappa shape index (κ1) is 12.6. The lowest BCUT2D eigenvalue weighted by atomic mass is 9.84. The molecule has 0 saturated heterocycles. The first-order valence-corrected chi connectivity index (χ1v) is 6.13. The van der Waals surface area contributed by atoms with Gasteiger partial charge in [0.1, 0.15) is 5.69 Å². The third-order valence-corrected chi connectivity index (χ3v) is 3.34. The fourth-order valence-corrected chi connectivity index (χ4v) is 2.38. The lowest BCUT2D eigenvalue weighted by Gasteiger charge is -2.28. The minimum atomic E-state index is -0.835. The van der Waals surface area contributed by atoms with Gasteiger partial charge in [0.2, 0.25) is 0 Å². The standard InChI is InChI=1S/C12H17N3O3/c1-7-6-10(15-14-7)11(16)13-9-5-3-2-4-8(9)12(17)18/h6,8-9H,2-5H2,1H3,(H,13,16)(H,14,15)(H,17,18). The molecule has 2 rings (SSSR count). The summed E-state index contributed by atoms with van der Waals surface area (Å²) in [5, 5.41) is 18.5. The molecular formula is C12H17N3O3. The van der Waals surface area contributed by atoms with Crippen molar-refractivity contribution in [2.45, 2.75) is 38.6 Å². The van der Waals surface area contributed by atoms with E-state index in [2.05, 4.69) is 15.5 Å². The molecule has 2 unspecified atom stereocenters. The van der Waals surface area contributed by atoms with Crippen LogP contribution in [0.2, 0.25) is 0 Å². The second-order valence-corrected chi connectivity index (χ2v) is 4.75. The van der Waals surface area contributed by atoms with Crippen LogP contribution >= 0.6 is 0 Å². The van der Waals surface area contributed by atoms with E-state index >= 15 is 0 Å². The average Bonchev–Trinajstić information content (AvgIpc) is 2.76. The van der Waals surface area contributed by atoms with Gasteiger partial charge in [-0.1, -0.05) is 12.8 Å². The van der Waals surface area contributed by atoms with Gasteiger partial charge in [-0.05, 0) is 25.8 Å². The van der Waals surface area contributed by atoms with E-state index in [0.717, 1.165) is 18.5 Å². The lowest BCUT2D eigenvalue weighted by molar-refractivity contribution is -0.143. The Morgan fingerprint density at radius 1 is 1.44 bits per heavy atom. The highest BCUT2D eigenvalue weighted by atomic mass is 16.4. The van der Waals surface area contributed by atoms with Crippen LogP contribution in [-0.2, 0) is 4.79 Å². The molecule has 98 valence electrons. The summed E-state index contributed by atoms with van der Waals surface area (Å²) in [4.78, 5) is 23.0. The van der Waals surface area contributed by atoms with Crippen molar-refractivity contribution >= 4 is 11.9 Å². The monoisotopic (exact) mass is 251 g/mol. The Morgan fingerprint density at radius 3 is 2.78 bits per heavy atom. The van der Waals surface area contributed by atoms with Crippen LogP contribution in [0.15, 0.2) is 6.07 Å². The number of amides is 1. The summed E-state index contributed by atoms with van der Waals surface area (Å²) in [5.74, 6) is -1.63. The minimum Gasteiger partial charge on any atom is -0.481 e. The van der Waals surface area contributed by atoms with E-state index in [9.17, 15) is 9.59 Å². The van der Waals surface area contributed by atoms with Crippen molar-refractivity contribution < 1.29 is 14.7 Å². The number of aliphatic carboxylic acids is 1. The molecule has 1 aromatic heterocycles. The number of carboxylic acid groups (broad SMARTS) is 1. The molecule has 6 nitrogen and oxygen atoms in total. The molecule has 18 heavy (non-hydrogen) atoms. The van der Waals surface area contributed by atoms with E-state index in [1.165, 1.54) is 0 Å². The second-order valence-electron chi connectivity index (χ2n) is 4.75. The van der Waals surface area contributed by atoms with Crippen LogP contribution in [0.1, 0.15) is 41.9 Å². The molecule has 1 fully saturated rings. The third-order valence-electron chi connectivity index (χ3n) is 3.34. The SMILES string of the molecule is Cc1cc(C(=O)NC2CCCCC2C(=O)O)n[nH]1. The fourth-order valence-electron chi connectivity index (χ4n) is 2.38. The molecular weight excluding hydrogens is 234 g/mol. The number of carboxylic acids is 1. The van der Waals surface area contributed by atoms with Gasteiger partial charge < -0.3 is 10.4 Å². The molecule has 0 spiro atoms. The molecule has 1 amide bonds. The van der Waals surface area contributed by atoms with Gasteiger partial charge in [0.15, 0.2) is 0 Å². The number of carbonyl (C=O) groups is 2. The molecule has 6 heteroatoms. The first-order valence-electron chi connectivity index (χ1n) is 6.13. The number of H-pyrrole nitrogens is 1. The minimum absolute atomic E-state index is 0.291. The van der Waals surface area contributed by atoms with E-state index in [4.69, 9.17) is 5.11 Å². The maximum absolute atomic E-state index is 11.9. The number of hydrogen-bond acceptors (Lipinski definition) is 3. The van der Waals surface area contributed by atoms with Crippen LogP contribution in [0.25, 0.3) is 0 Å². The lowest BCUT2D eigenvalue weighted by Crippen LogP contribution is -2.45. The number of aromatic amines is 1. The van der Waals surface area contributed by atoms with Crippen molar-refractivity contribution in [2.75, 3.05) is 0 Å². The van der Waals surface area contributed by atoms with E-state index in [-0.39, 0.29) is 11.9 Å². The summed E-state index contributed by atoms with van der Waals surface area (Å²) < 4.78 is 0. The van der Waals surface area contributed by atoms with Gasteiger partial charge in [0.25, 0.3) is 5.91 Å². The molecule has 1 aliphatic carbocycles. The van der Waals surface area contributed by atoms with E-state index in [1.54, 1.807) is 6.07 Å². The van der Waals surface area contributed by atoms with Gasteiger partial charge >= 0.3 is 5.97 Å². The molecule has 0 bridgehead atoms. The predicted octanol–water partition coefficient (Wildman–Crippen LogP) is 1.09. The van der Waals surface area contributed by atoms with E-state index in [1.807, 2.05) is 6.92 Å². The van der Waals surface area contributed by atoms with Gasteiger partial charge in [0, 0.05) is 11.7 Å². The number of nitrogens with one attached hydrogen (secondary N) is 2. The Balaban J connectivity index is 2.03. The van der Waals surface area contributed by atoms with Crippen LogP contribution in [-0.4, -0.2) is 33.2 Å². The molecule has 0 radical (unpaired) electrons. The highest BCUT2D eigenvalue weighted by Crippen LogP contribution is 2.24.